The summed E-state index contributed by atoms with van der Waals surface area (Å²) in [7, 11) is 0. The first-order valence-corrected chi connectivity index (χ1v) is 10.8. The molecule has 1 aromatic heterocycles. The lowest BCUT2D eigenvalue weighted by Crippen LogP contribution is -2.13. The van der Waals surface area contributed by atoms with Crippen molar-refractivity contribution >= 4 is 23.4 Å². The maximum Gasteiger partial charge on any atom is 0.277 e. The molecular formula is C22H23N3O3S. The van der Waals surface area contributed by atoms with E-state index in [9.17, 15) is 4.79 Å². The van der Waals surface area contributed by atoms with E-state index in [2.05, 4.69) is 15.5 Å². The number of carbonyl (C=O) groups is 1. The zero-order valence-corrected chi connectivity index (χ0v) is 16.9. The van der Waals surface area contributed by atoms with Crippen LogP contribution in [0.4, 0.5) is 5.69 Å². The topological polar surface area (TPSA) is 77.2 Å². The van der Waals surface area contributed by atoms with Crippen molar-refractivity contribution in [3.05, 3.63) is 60.5 Å². The van der Waals surface area contributed by atoms with Gasteiger partial charge in [-0.05, 0) is 49.2 Å². The Morgan fingerprint density at radius 1 is 1.00 bits per heavy atom. The summed E-state index contributed by atoms with van der Waals surface area (Å²) in [4.78, 5) is 12.2. The van der Waals surface area contributed by atoms with E-state index in [1.807, 2.05) is 54.6 Å². The number of aromatic nitrogens is 2. The molecule has 1 heterocycles. The van der Waals surface area contributed by atoms with Gasteiger partial charge >= 0.3 is 0 Å². The minimum Gasteiger partial charge on any atom is -0.457 e. The molecule has 1 amide bonds. The van der Waals surface area contributed by atoms with Crippen LogP contribution < -0.4 is 10.1 Å². The van der Waals surface area contributed by atoms with E-state index >= 15 is 0 Å². The van der Waals surface area contributed by atoms with Crippen molar-refractivity contribution < 1.29 is 13.9 Å². The van der Waals surface area contributed by atoms with Crippen LogP contribution >= 0.6 is 11.8 Å². The fourth-order valence-corrected chi connectivity index (χ4v) is 3.92. The summed E-state index contributed by atoms with van der Waals surface area (Å²) in [6, 6.07) is 16.8. The van der Waals surface area contributed by atoms with E-state index in [0.29, 0.717) is 28.5 Å². The van der Waals surface area contributed by atoms with E-state index in [0.717, 1.165) is 18.6 Å². The van der Waals surface area contributed by atoms with E-state index in [4.69, 9.17) is 9.15 Å². The number of carbonyl (C=O) groups excluding carboxylic acids is 1. The molecule has 0 aliphatic heterocycles. The average Bonchev–Trinajstić information content (AvgIpc) is 3.24. The molecule has 1 aliphatic carbocycles. The van der Waals surface area contributed by atoms with Crippen LogP contribution in [0.15, 0.2) is 64.2 Å². The largest absolute Gasteiger partial charge is 0.457 e. The van der Waals surface area contributed by atoms with Crippen LogP contribution in [0.2, 0.25) is 0 Å². The molecule has 0 unspecified atom stereocenters. The highest BCUT2D eigenvalue weighted by molar-refractivity contribution is 7.99. The van der Waals surface area contributed by atoms with Crippen molar-refractivity contribution in [1.29, 1.82) is 0 Å². The van der Waals surface area contributed by atoms with Gasteiger partial charge in [-0.15, -0.1) is 10.2 Å². The van der Waals surface area contributed by atoms with Gasteiger partial charge in [0.1, 0.15) is 11.5 Å². The van der Waals surface area contributed by atoms with Crippen LogP contribution in [0.1, 0.15) is 43.9 Å². The molecule has 1 N–H and O–H groups in total. The second kappa shape index (κ2) is 9.60. The number of nitrogens with one attached hydrogen (secondary N) is 1. The molecular weight excluding hydrogens is 386 g/mol. The fourth-order valence-electron chi connectivity index (χ4n) is 3.35. The molecule has 0 bridgehead atoms. The van der Waals surface area contributed by atoms with Crippen molar-refractivity contribution in [2.45, 2.75) is 43.2 Å². The first-order chi connectivity index (χ1) is 14.3. The number of rotatable bonds is 7. The summed E-state index contributed by atoms with van der Waals surface area (Å²) in [6.07, 6.45) is 5.93. The molecule has 4 rings (SSSR count). The summed E-state index contributed by atoms with van der Waals surface area (Å²) >= 11 is 1.26. The molecule has 6 nitrogen and oxygen atoms in total. The lowest BCUT2D eigenvalue weighted by molar-refractivity contribution is -0.113. The molecule has 7 heteroatoms. The van der Waals surface area contributed by atoms with Crippen molar-refractivity contribution in [3.8, 4) is 11.5 Å². The van der Waals surface area contributed by atoms with Crippen LogP contribution in [-0.4, -0.2) is 21.9 Å². The molecule has 0 saturated heterocycles. The number of thioether (sulfide) groups is 1. The SMILES string of the molecule is O=C(CSc1nnc(C2CCCCC2)o1)Nc1ccc(Oc2ccccc2)cc1. The molecule has 1 aliphatic rings. The fraction of sp³-hybridized carbons (Fsp3) is 0.318. The number of ether oxygens (including phenoxy) is 1. The van der Waals surface area contributed by atoms with Gasteiger partial charge in [0.15, 0.2) is 0 Å². The first kappa shape index (κ1) is 19.5. The molecule has 0 atom stereocenters. The van der Waals surface area contributed by atoms with Crippen molar-refractivity contribution in [1.82, 2.24) is 10.2 Å². The van der Waals surface area contributed by atoms with Gasteiger partial charge in [-0.25, -0.2) is 0 Å². The van der Waals surface area contributed by atoms with E-state index in [1.165, 1.54) is 31.0 Å². The van der Waals surface area contributed by atoms with Crippen molar-refractivity contribution in [3.63, 3.8) is 0 Å². The Labute approximate surface area is 174 Å². The van der Waals surface area contributed by atoms with E-state index < -0.39 is 0 Å². The van der Waals surface area contributed by atoms with Gasteiger partial charge in [-0.3, -0.25) is 4.79 Å². The maximum absolute atomic E-state index is 12.2. The Hall–Kier alpha value is -2.80. The number of para-hydroxylation sites is 1. The van der Waals surface area contributed by atoms with E-state index in [-0.39, 0.29) is 11.7 Å². The zero-order valence-electron chi connectivity index (χ0n) is 16.0. The molecule has 1 fully saturated rings. The number of benzene rings is 2. The Bertz CT molecular complexity index is 922. The van der Waals surface area contributed by atoms with Crippen molar-refractivity contribution in [2.75, 3.05) is 11.1 Å². The summed E-state index contributed by atoms with van der Waals surface area (Å²) in [5.74, 6) is 2.66. The molecule has 3 aromatic rings. The lowest BCUT2D eigenvalue weighted by atomic mass is 9.89. The smallest absolute Gasteiger partial charge is 0.277 e. The molecule has 0 spiro atoms. The second-order valence-electron chi connectivity index (χ2n) is 7.02. The van der Waals surface area contributed by atoms with Crippen molar-refractivity contribution in [2.24, 2.45) is 0 Å². The standard InChI is InChI=1S/C22H23N3O3S/c26-20(15-29-22-25-24-21(28-22)16-7-3-1-4-8-16)23-17-11-13-19(14-12-17)27-18-9-5-2-6-10-18/h2,5-6,9-14,16H,1,3-4,7-8,15H2,(H,23,26). The van der Waals surface area contributed by atoms with Gasteiger partial charge < -0.3 is 14.5 Å². The van der Waals surface area contributed by atoms with Gasteiger partial charge in [0, 0.05) is 11.6 Å². The summed E-state index contributed by atoms with van der Waals surface area (Å²) < 4.78 is 11.5. The predicted molar refractivity (Wildman–Crippen MR) is 112 cm³/mol. The van der Waals surface area contributed by atoms with Gasteiger partial charge in [0.2, 0.25) is 11.8 Å². The molecule has 2 aromatic carbocycles. The number of hydrogen-bond acceptors (Lipinski definition) is 6. The van der Waals surface area contributed by atoms with Gasteiger partial charge in [0.05, 0.1) is 5.75 Å². The van der Waals surface area contributed by atoms with Crippen LogP contribution in [0.25, 0.3) is 0 Å². The normalized spacial score (nSPS) is 14.5. The number of hydrogen-bond donors (Lipinski definition) is 1. The third-order valence-electron chi connectivity index (χ3n) is 4.82. The Morgan fingerprint density at radius 2 is 1.72 bits per heavy atom. The lowest BCUT2D eigenvalue weighted by Gasteiger charge is -2.17. The average molecular weight is 410 g/mol. The minimum atomic E-state index is -0.121. The summed E-state index contributed by atoms with van der Waals surface area (Å²) in [5.41, 5.74) is 0.712. The highest BCUT2D eigenvalue weighted by atomic mass is 32.2. The second-order valence-corrected chi connectivity index (χ2v) is 7.94. The number of anilines is 1. The number of amides is 1. The van der Waals surface area contributed by atoms with Gasteiger partial charge in [0.25, 0.3) is 5.22 Å². The van der Waals surface area contributed by atoms with Gasteiger partial charge in [-0.1, -0.05) is 49.2 Å². The van der Waals surface area contributed by atoms with Crippen LogP contribution in [-0.2, 0) is 4.79 Å². The number of nitrogens with zero attached hydrogens (tertiary/aromatic N) is 2. The first-order valence-electron chi connectivity index (χ1n) is 9.85. The quantitative estimate of drug-likeness (QED) is 0.509. The minimum absolute atomic E-state index is 0.121. The molecule has 150 valence electrons. The highest BCUT2D eigenvalue weighted by Gasteiger charge is 2.21. The molecule has 0 radical (unpaired) electrons. The maximum atomic E-state index is 12.2. The summed E-state index contributed by atoms with van der Waals surface area (Å²) in [5, 5.41) is 11.6. The molecule has 1 saturated carbocycles. The predicted octanol–water partition coefficient (Wildman–Crippen LogP) is 5.64. The Balaban J connectivity index is 1.25. The molecule has 29 heavy (non-hydrogen) atoms. The van der Waals surface area contributed by atoms with Crippen LogP contribution in [0.5, 0.6) is 11.5 Å². The van der Waals surface area contributed by atoms with Crippen LogP contribution in [0, 0.1) is 0 Å². The van der Waals surface area contributed by atoms with Gasteiger partial charge in [-0.2, -0.15) is 0 Å². The monoisotopic (exact) mass is 409 g/mol. The van der Waals surface area contributed by atoms with Crippen LogP contribution in [0.3, 0.4) is 0 Å². The third kappa shape index (κ3) is 5.60. The highest BCUT2D eigenvalue weighted by Crippen LogP contribution is 2.33. The Kier molecular flexibility index (Phi) is 6.46. The Morgan fingerprint density at radius 3 is 2.48 bits per heavy atom. The zero-order chi connectivity index (χ0) is 19.9. The third-order valence-corrected chi connectivity index (χ3v) is 5.64. The van der Waals surface area contributed by atoms with E-state index in [1.54, 1.807) is 0 Å². The summed E-state index contributed by atoms with van der Waals surface area (Å²) in [6.45, 7) is 0.